The highest BCUT2D eigenvalue weighted by Crippen LogP contribution is 2.45. The lowest BCUT2D eigenvalue weighted by atomic mass is 10.0. The SMILES string of the molecule is O=C(C1=C(O)C(=O)N(c2nnc(SCc3ccc(F)cc3)s2)C1c1cccs1)c1ccco1. The molecule has 1 aliphatic heterocycles. The van der Waals surface area contributed by atoms with Crippen LogP contribution in [-0.2, 0) is 10.5 Å². The second-order valence-corrected chi connectivity index (χ2v) is 10.1. The topological polar surface area (TPSA) is 96.5 Å². The van der Waals surface area contributed by atoms with Crippen molar-refractivity contribution in [1.82, 2.24) is 10.2 Å². The zero-order valence-corrected chi connectivity index (χ0v) is 19.1. The molecule has 0 aliphatic carbocycles. The summed E-state index contributed by atoms with van der Waals surface area (Å²) < 4.78 is 18.9. The Kier molecular flexibility index (Phi) is 5.83. The van der Waals surface area contributed by atoms with Crippen LogP contribution in [0.15, 0.2) is 80.3 Å². The van der Waals surface area contributed by atoms with Crippen molar-refractivity contribution < 1.29 is 23.5 Å². The van der Waals surface area contributed by atoms with Crippen molar-refractivity contribution in [3.63, 3.8) is 0 Å². The molecule has 1 aliphatic rings. The number of aromatic nitrogens is 2. The molecule has 166 valence electrons. The van der Waals surface area contributed by atoms with E-state index in [0.717, 1.165) is 5.56 Å². The van der Waals surface area contributed by atoms with Gasteiger partial charge in [0.1, 0.15) is 11.9 Å². The fraction of sp³-hybridized carbons (Fsp3) is 0.0909. The molecule has 0 bridgehead atoms. The molecule has 0 spiro atoms. The molecule has 1 aromatic carbocycles. The molecule has 0 saturated heterocycles. The summed E-state index contributed by atoms with van der Waals surface area (Å²) in [4.78, 5) is 28.1. The molecule has 4 heterocycles. The second kappa shape index (κ2) is 8.93. The first-order valence-corrected chi connectivity index (χ1v) is 12.3. The molecule has 1 atom stereocenters. The van der Waals surface area contributed by atoms with Crippen LogP contribution in [0.1, 0.15) is 27.0 Å². The van der Waals surface area contributed by atoms with E-state index in [9.17, 15) is 19.1 Å². The number of furan rings is 1. The van der Waals surface area contributed by atoms with Crippen molar-refractivity contribution in [3.8, 4) is 0 Å². The lowest BCUT2D eigenvalue weighted by Crippen LogP contribution is -2.30. The maximum atomic E-state index is 13.1. The van der Waals surface area contributed by atoms with E-state index in [1.165, 1.54) is 63.8 Å². The summed E-state index contributed by atoms with van der Waals surface area (Å²) in [5, 5.41) is 21.0. The van der Waals surface area contributed by atoms with E-state index in [1.807, 2.05) is 5.38 Å². The van der Waals surface area contributed by atoms with Crippen LogP contribution in [0.4, 0.5) is 9.52 Å². The lowest BCUT2D eigenvalue weighted by Gasteiger charge is -2.22. The summed E-state index contributed by atoms with van der Waals surface area (Å²) in [6.07, 6.45) is 1.36. The van der Waals surface area contributed by atoms with Gasteiger partial charge in [-0.1, -0.05) is 41.3 Å². The summed E-state index contributed by atoms with van der Waals surface area (Å²) in [5.41, 5.74) is 0.852. The van der Waals surface area contributed by atoms with Gasteiger partial charge in [-0.3, -0.25) is 14.5 Å². The third-order valence-electron chi connectivity index (χ3n) is 4.89. The quantitative estimate of drug-likeness (QED) is 0.206. The number of anilines is 1. The maximum absolute atomic E-state index is 13.1. The van der Waals surface area contributed by atoms with Crippen molar-refractivity contribution in [2.24, 2.45) is 0 Å². The fourth-order valence-corrected chi connectivity index (χ4v) is 6.02. The summed E-state index contributed by atoms with van der Waals surface area (Å²) >= 11 is 3.92. The Morgan fingerprint density at radius 1 is 1.18 bits per heavy atom. The van der Waals surface area contributed by atoms with Crippen molar-refractivity contribution in [2.45, 2.75) is 16.1 Å². The minimum Gasteiger partial charge on any atom is -0.503 e. The van der Waals surface area contributed by atoms with Crippen molar-refractivity contribution >= 4 is 51.3 Å². The Morgan fingerprint density at radius 2 is 2.00 bits per heavy atom. The van der Waals surface area contributed by atoms with Crippen LogP contribution in [-0.4, -0.2) is 27.0 Å². The van der Waals surface area contributed by atoms with Crippen LogP contribution >= 0.6 is 34.4 Å². The van der Waals surface area contributed by atoms with Gasteiger partial charge in [0.15, 0.2) is 15.9 Å². The summed E-state index contributed by atoms with van der Waals surface area (Å²) in [7, 11) is 0. The number of Topliss-reactive ketones (excluding diaryl/α,β-unsaturated/α-hetero) is 1. The Morgan fingerprint density at radius 3 is 2.70 bits per heavy atom. The van der Waals surface area contributed by atoms with Crippen LogP contribution in [0.5, 0.6) is 0 Å². The first-order chi connectivity index (χ1) is 16.0. The van der Waals surface area contributed by atoms with Gasteiger partial charge in [0.2, 0.25) is 10.9 Å². The summed E-state index contributed by atoms with van der Waals surface area (Å²) in [6.45, 7) is 0. The molecule has 7 nitrogen and oxygen atoms in total. The molecule has 11 heteroatoms. The van der Waals surface area contributed by atoms with Crippen molar-refractivity contribution in [2.75, 3.05) is 4.90 Å². The van der Waals surface area contributed by atoms with E-state index in [1.54, 1.807) is 30.3 Å². The van der Waals surface area contributed by atoms with E-state index in [0.29, 0.717) is 15.0 Å². The minimum atomic E-state index is -0.849. The lowest BCUT2D eigenvalue weighted by molar-refractivity contribution is -0.117. The predicted molar refractivity (Wildman–Crippen MR) is 123 cm³/mol. The van der Waals surface area contributed by atoms with Gasteiger partial charge in [-0.15, -0.1) is 21.5 Å². The average Bonchev–Trinajstić information content (AvgIpc) is 3.62. The van der Waals surface area contributed by atoms with Gasteiger partial charge >= 0.3 is 0 Å². The molecule has 0 radical (unpaired) electrons. The molecule has 1 amide bonds. The number of aliphatic hydroxyl groups excluding tert-OH is 1. The fourth-order valence-electron chi connectivity index (χ4n) is 3.37. The van der Waals surface area contributed by atoms with Crippen LogP contribution in [0.25, 0.3) is 0 Å². The van der Waals surface area contributed by atoms with E-state index in [-0.39, 0.29) is 22.3 Å². The van der Waals surface area contributed by atoms with Crippen LogP contribution in [0.3, 0.4) is 0 Å². The smallest absolute Gasteiger partial charge is 0.296 e. The van der Waals surface area contributed by atoms with Gasteiger partial charge in [-0.25, -0.2) is 4.39 Å². The van der Waals surface area contributed by atoms with Gasteiger partial charge in [-0.2, -0.15) is 0 Å². The molecule has 5 rings (SSSR count). The largest absolute Gasteiger partial charge is 0.503 e. The monoisotopic (exact) mass is 499 g/mol. The highest BCUT2D eigenvalue weighted by Gasteiger charge is 2.47. The molecular formula is C22H14FN3O4S3. The van der Waals surface area contributed by atoms with E-state index in [4.69, 9.17) is 4.42 Å². The zero-order valence-electron chi connectivity index (χ0n) is 16.7. The third-order valence-corrected chi connectivity index (χ3v) is 7.94. The number of rotatable bonds is 7. The van der Waals surface area contributed by atoms with Gasteiger partial charge in [0, 0.05) is 10.6 Å². The van der Waals surface area contributed by atoms with E-state index in [2.05, 4.69) is 10.2 Å². The van der Waals surface area contributed by atoms with Gasteiger partial charge in [0.05, 0.1) is 11.8 Å². The number of benzene rings is 1. The molecule has 4 aromatic rings. The number of carbonyl (C=O) groups excluding carboxylic acids is 2. The number of halogens is 1. The molecule has 0 saturated carbocycles. The molecule has 0 fully saturated rings. The second-order valence-electron chi connectivity index (χ2n) is 6.93. The van der Waals surface area contributed by atoms with Crippen molar-refractivity contribution in [1.29, 1.82) is 0 Å². The Balaban J connectivity index is 1.44. The Bertz CT molecular complexity index is 1330. The number of ketones is 1. The van der Waals surface area contributed by atoms with Gasteiger partial charge < -0.3 is 9.52 Å². The standard InChI is InChI=1S/C22H14FN3O4S3/c23-13-7-5-12(6-8-13)11-32-22-25-24-21(33-22)26-17(15-4-2-10-31-15)16(19(28)20(26)29)18(27)14-3-1-9-30-14/h1-10,17,28H,11H2. The highest BCUT2D eigenvalue weighted by atomic mass is 32.2. The van der Waals surface area contributed by atoms with Gasteiger partial charge in [0.25, 0.3) is 5.91 Å². The van der Waals surface area contributed by atoms with E-state index < -0.39 is 23.5 Å². The number of thioether (sulfide) groups is 1. The third kappa shape index (κ3) is 4.10. The van der Waals surface area contributed by atoms with Crippen molar-refractivity contribution in [3.05, 3.63) is 93.5 Å². The zero-order chi connectivity index (χ0) is 22.9. The maximum Gasteiger partial charge on any atom is 0.296 e. The Hall–Kier alpha value is -3.28. The number of hydrogen-bond donors (Lipinski definition) is 1. The average molecular weight is 500 g/mol. The number of nitrogens with zero attached hydrogens (tertiary/aromatic N) is 3. The van der Waals surface area contributed by atoms with Crippen LogP contribution in [0, 0.1) is 5.82 Å². The molecule has 1 N–H and O–H groups in total. The number of thiophene rings is 1. The number of amides is 1. The summed E-state index contributed by atoms with van der Waals surface area (Å²) in [6, 6.07) is 11.9. The highest BCUT2D eigenvalue weighted by molar-refractivity contribution is 8.00. The van der Waals surface area contributed by atoms with E-state index >= 15 is 0 Å². The molecule has 33 heavy (non-hydrogen) atoms. The molecule has 3 aromatic heterocycles. The molecular weight excluding hydrogens is 485 g/mol. The van der Waals surface area contributed by atoms with Crippen LogP contribution < -0.4 is 4.90 Å². The summed E-state index contributed by atoms with van der Waals surface area (Å²) in [5.74, 6) is -1.66. The normalized spacial score (nSPS) is 16.1. The first-order valence-electron chi connectivity index (χ1n) is 9.62. The molecule has 1 unspecified atom stereocenters. The number of hydrogen-bond acceptors (Lipinski definition) is 9. The predicted octanol–water partition coefficient (Wildman–Crippen LogP) is 5.41. The number of aliphatic hydroxyl groups is 1. The Labute approximate surface area is 199 Å². The van der Waals surface area contributed by atoms with Crippen LogP contribution in [0.2, 0.25) is 0 Å². The first kappa shape index (κ1) is 21.6. The number of carbonyl (C=O) groups is 2. The van der Waals surface area contributed by atoms with Gasteiger partial charge in [-0.05, 0) is 41.3 Å². The minimum absolute atomic E-state index is 0.0283.